The van der Waals surface area contributed by atoms with Crippen molar-refractivity contribution in [2.75, 3.05) is 12.8 Å². The Labute approximate surface area is 144 Å². The third-order valence-electron chi connectivity index (χ3n) is 3.76. The summed E-state index contributed by atoms with van der Waals surface area (Å²) in [5, 5.41) is 1.69. The molecular weight excluding hydrogens is 324 g/mol. The first-order valence-electron chi connectivity index (χ1n) is 7.44. The van der Waals surface area contributed by atoms with Gasteiger partial charge in [0.1, 0.15) is 5.82 Å². The second-order valence-corrected chi connectivity index (χ2v) is 5.93. The van der Waals surface area contributed by atoms with Gasteiger partial charge < -0.3 is 15.6 Å². The highest BCUT2D eigenvalue weighted by Gasteiger charge is 2.11. The molecule has 1 amide bonds. The van der Waals surface area contributed by atoms with Crippen LogP contribution in [-0.2, 0) is 11.3 Å². The monoisotopic (exact) mass is 340 g/mol. The summed E-state index contributed by atoms with van der Waals surface area (Å²) in [6.07, 6.45) is 6.75. The Bertz CT molecular complexity index is 899. The average Bonchev–Trinajstić information content (AvgIpc) is 2.98. The van der Waals surface area contributed by atoms with Crippen LogP contribution in [0.5, 0.6) is 0 Å². The number of nitrogens with one attached hydrogen (secondary N) is 1. The van der Waals surface area contributed by atoms with Gasteiger partial charge in [-0.25, -0.2) is 4.98 Å². The van der Waals surface area contributed by atoms with E-state index in [-0.39, 0.29) is 5.91 Å². The average molecular weight is 341 g/mol. The molecule has 2 heterocycles. The van der Waals surface area contributed by atoms with Gasteiger partial charge in [-0.1, -0.05) is 23.7 Å². The Balaban J connectivity index is 1.71. The zero-order chi connectivity index (χ0) is 17.1. The highest BCUT2D eigenvalue weighted by molar-refractivity contribution is 6.35. The summed E-state index contributed by atoms with van der Waals surface area (Å²) in [5.41, 5.74) is 8.27. The first kappa shape index (κ1) is 16.1. The van der Waals surface area contributed by atoms with Crippen molar-refractivity contribution < 1.29 is 4.79 Å². The highest BCUT2D eigenvalue weighted by Crippen LogP contribution is 2.25. The van der Waals surface area contributed by atoms with Crippen LogP contribution in [0.25, 0.3) is 17.0 Å². The van der Waals surface area contributed by atoms with E-state index in [1.165, 1.54) is 6.08 Å². The molecule has 1 aromatic carbocycles. The van der Waals surface area contributed by atoms with Crippen molar-refractivity contribution in [3.63, 3.8) is 0 Å². The number of para-hydroxylation sites is 1. The lowest BCUT2D eigenvalue weighted by molar-refractivity contribution is -0.125. The zero-order valence-corrected chi connectivity index (χ0v) is 13.9. The fraction of sp³-hybridized carbons (Fsp3) is 0.111. The Morgan fingerprint density at radius 3 is 2.96 bits per heavy atom. The molecule has 0 aliphatic carbocycles. The highest BCUT2D eigenvalue weighted by atomic mass is 35.5. The summed E-state index contributed by atoms with van der Waals surface area (Å²) < 4.78 is 0. The van der Waals surface area contributed by atoms with Gasteiger partial charge in [-0.3, -0.25) is 4.79 Å². The van der Waals surface area contributed by atoms with Gasteiger partial charge in [-0.15, -0.1) is 0 Å². The molecule has 5 nitrogen and oxygen atoms in total. The Kier molecular flexibility index (Phi) is 4.53. The molecule has 0 saturated heterocycles. The maximum atomic E-state index is 12.3. The normalized spacial score (nSPS) is 11.2. The number of hydrogen-bond donors (Lipinski definition) is 2. The van der Waals surface area contributed by atoms with Crippen LogP contribution >= 0.6 is 11.6 Å². The molecule has 0 fully saturated rings. The van der Waals surface area contributed by atoms with Gasteiger partial charge in [0, 0.05) is 37.4 Å². The van der Waals surface area contributed by atoms with Crippen molar-refractivity contribution in [2.45, 2.75) is 6.54 Å². The summed E-state index contributed by atoms with van der Waals surface area (Å²) in [7, 11) is 1.76. The summed E-state index contributed by atoms with van der Waals surface area (Å²) in [6.45, 7) is 0.490. The summed E-state index contributed by atoms with van der Waals surface area (Å²) in [4.78, 5) is 21.1. The lowest BCUT2D eigenvalue weighted by Gasteiger charge is -2.14. The predicted octanol–water partition coefficient (Wildman–Crippen LogP) is 3.47. The molecule has 0 aliphatic heterocycles. The number of benzene rings is 1. The zero-order valence-electron chi connectivity index (χ0n) is 13.2. The fourth-order valence-corrected chi connectivity index (χ4v) is 2.68. The van der Waals surface area contributed by atoms with Gasteiger partial charge in [-0.2, -0.15) is 0 Å². The molecule has 3 aromatic rings. The first-order chi connectivity index (χ1) is 11.5. The standard InChI is InChI=1S/C18H17ClN4O/c1-23(17(24)8-6-12-5-7-16(20)21-9-12)11-13-10-22-18-14(13)3-2-4-15(18)19/h2-10,22H,11H2,1H3,(H2,20,21). The minimum atomic E-state index is -0.0943. The van der Waals surface area contributed by atoms with Gasteiger partial charge in [0.15, 0.2) is 0 Å². The second kappa shape index (κ2) is 6.76. The number of amides is 1. The molecule has 3 rings (SSSR count). The number of aromatic amines is 1. The number of aromatic nitrogens is 2. The quantitative estimate of drug-likeness (QED) is 0.714. The van der Waals surface area contributed by atoms with E-state index in [0.29, 0.717) is 17.4 Å². The smallest absolute Gasteiger partial charge is 0.246 e. The maximum Gasteiger partial charge on any atom is 0.246 e. The topological polar surface area (TPSA) is 75.0 Å². The largest absolute Gasteiger partial charge is 0.384 e. The van der Waals surface area contributed by atoms with Crippen molar-refractivity contribution >= 4 is 40.3 Å². The molecule has 24 heavy (non-hydrogen) atoms. The minimum absolute atomic E-state index is 0.0943. The van der Waals surface area contributed by atoms with E-state index in [1.807, 2.05) is 30.5 Å². The first-order valence-corrected chi connectivity index (χ1v) is 7.81. The van der Waals surface area contributed by atoms with Crippen LogP contribution < -0.4 is 5.73 Å². The number of likely N-dealkylation sites (N-methyl/N-ethyl adjacent to an activating group) is 1. The number of fused-ring (bicyclic) bond motifs is 1. The van der Waals surface area contributed by atoms with Crippen LogP contribution in [0.4, 0.5) is 5.82 Å². The van der Waals surface area contributed by atoms with Crippen molar-refractivity contribution in [2.24, 2.45) is 0 Å². The number of carbonyl (C=O) groups is 1. The number of pyridine rings is 1. The van der Waals surface area contributed by atoms with E-state index in [4.69, 9.17) is 17.3 Å². The lowest BCUT2D eigenvalue weighted by atomic mass is 10.1. The van der Waals surface area contributed by atoms with Crippen LogP contribution in [0.1, 0.15) is 11.1 Å². The molecule has 0 atom stereocenters. The predicted molar refractivity (Wildman–Crippen MR) is 97.5 cm³/mol. The van der Waals surface area contributed by atoms with E-state index in [9.17, 15) is 4.79 Å². The summed E-state index contributed by atoms with van der Waals surface area (Å²) in [5.74, 6) is 0.358. The molecule has 3 N–H and O–H groups in total. The molecule has 122 valence electrons. The van der Waals surface area contributed by atoms with E-state index in [0.717, 1.165) is 22.0 Å². The van der Waals surface area contributed by atoms with Crippen molar-refractivity contribution in [3.8, 4) is 0 Å². The van der Waals surface area contributed by atoms with Crippen LogP contribution in [0.3, 0.4) is 0 Å². The van der Waals surface area contributed by atoms with Crippen LogP contribution in [0.15, 0.2) is 48.8 Å². The fourth-order valence-electron chi connectivity index (χ4n) is 2.45. The van der Waals surface area contributed by atoms with Gasteiger partial charge >= 0.3 is 0 Å². The third-order valence-corrected chi connectivity index (χ3v) is 4.08. The number of rotatable bonds is 4. The van der Waals surface area contributed by atoms with Gasteiger partial charge in [0.25, 0.3) is 0 Å². The molecule has 0 radical (unpaired) electrons. The summed E-state index contributed by atoms with van der Waals surface area (Å²) in [6, 6.07) is 9.23. The van der Waals surface area contributed by atoms with E-state index in [2.05, 4.69) is 9.97 Å². The molecule has 0 aliphatic rings. The van der Waals surface area contributed by atoms with Crippen molar-refractivity contribution in [1.29, 1.82) is 0 Å². The number of H-pyrrole nitrogens is 1. The molecular formula is C18H17ClN4O. The SMILES string of the molecule is CN(Cc1c[nH]c2c(Cl)cccc12)C(=O)C=Cc1ccc(N)nc1. The Hall–Kier alpha value is -2.79. The van der Waals surface area contributed by atoms with Gasteiger partial charge in [0.2, 0.25) is 5.91 Å². The summed E-state index contributed by atoms with van der Waals surface area (Å²) >= 11 is 6.16. The molecule has 0 spiro atoms. The Morgan fingerprint density at radius 2 is 2.21 bits per heavy atom. The lowest BCUT2D eigenvalue weighted by Crippen LogP contribution is -2.23. The van der Waals surface area contributed by atoms with Crippen molar-refractivity contribution in [3.05, 3.63) is 65.0 Å². The van der Waals surface area contributed by atoms with Crippen molar-refractivity contribution in [1.82, 2.24) is 14.9 Å². The van der Waals surface area contributed by atoms with Crippen LogP contribution in [-0.4, -0.2) is 27.8 Å². The molecule has 6 heteroatoms. The molecule has 0 saturated carbocycles. The van der Waals surface area contributed by atoms with E-state index >= 15 is 0 Å². The number of halogens is 1. The number of nitrogens with two attached hydrogens (primary N) is 1. The minimum Gasteiger partial charge on any atom is -0.384 e. The third kappa shape index (κ3) is 3.41. The van der Waals surface area contributed by atoms with Gasteiger partial charge in [0.05, 0.1) is 10.5 Å². The number of anilines is 1. The number of carbonyl (C=O) groups excluding carboxylic acids is 1. The Morgan fingerprint density at radius 1 is 1.38 bits per heavy atom. The number of nitrogens with zero attached hydrogens (tertiary/aromatic N) is 2. The van der Waals surface area contributed by atoms with E-state index < -0.39 is 0 Å². The number of hydrogen-bond acceptors (Lipinski definition) is 3. The molecule has 2 aromatic heterocycles. The van der Waals surface area contributed by atoms with E-state index in [1.54, 1.807) is 30.3 Å². The van der Waals surface area contributed by atoms with Gasteiger partial charge in [-0.05, 0) is 35.4 Å². The number of nitrogen functional groups attached to an aromatic ring is 1. The molecule has 0 bridgehead atoms. The second-order valence-electron chi connectivity index (χ2n) is 5.52. The molecule has 0 unspecified atom stereocenters. The maximum absolute atomic E-state index is 12.3. The van der Waals surface area contributed by atoms with Crippen LogP contribution in [0, 0.1) is 0 Å². The van der Waals surface area contributed by atoms with Crippen LogP contribution in [0.2, 0.25) is 5.02 Å².